The SMILES string of the molecule is O=C(COc1ccc(Cl)cc1Cl)N/N=C\c1ccc(OC(=O)c2sc3ccccc3c2Cl)cc1. The van der Waals surface area contributed by atoms with Gasteiger partial charge in [0.05, 0.1) is 16.3 Å². The number of amides is 1. The first-order chi connectivity index (χ1) is 16.4. The van der Waals surface area contributed by atoms with Gasteiger partial charge in [-0.3, -0.25) is 4.79 Å². The van der Waals surface area contributed by atoms with Crippen molar-refractivity contribution in [3.63, 3.8) is 0 Å². The lowest BCUT2D eigenvalue weighted by Gasteiger charge is -2.07. The molecule has 0 radical (unpaired) electrons. The number of fused-ring (bicyclic) bond motifs is 1. The van der Waals surface area contributed by atoms with E-state index in [9.17, 15) is 9.59 Å². The molecule has 0 unspecified atom stereocenters. The van der Waals surface area contributed by atoms with Gasteiger partial charge in [-0.15, -0.1) is 11.3 Å². The van der Waals surface area contributed by atoms with Crippen molar-refractivity contribution in [2.45, 2.75) is 0 Å². The second-order valence-corrected chi connectivity index (χ2v) is 9.13. The Morgan fingerprint density at radius 2 is 1.76 bits per heavy atom. The molecule has 0 aliphatic carbocycles. The van der Waals surface area contributed by atoms with E-state index in [4.69, 9.17) is 44.3 Å². The first kappa shape index (κ1) is 24.0. The highest BCUT2D eigenvalue weighted by Gasteiger charge is 2.18. The highest BCUT2D eigenvalue weighted by atomic mass is 35.5. The summed E-state index contributed by atoms with van der Waals surface area (Å²) in [4.78, 5) is 24.8. The molecule has 0 bridgehead atoms. The van der Waals surface area contributed by atoms with Gasteiger partial charge in [-0.2, -0.15) is 5.10 Å². The maximum Gasteiger partial charge on any atom is 0.355 e. The summed E-state index contributed by atoms with van der Waals surface area (Å²) in [6, 6.07) is 18.8. The Hall–Kier alpha value is -3.10. The normalized spacial score (nSPS) is 11.0. The molecule has 1 amide bonds. The Labute approximate surface area is 213 Å². The highest BCUT2D eigenvalue weighted by molar-refractivity contribution is 7.21. The molecule has 0 fully saturated rings. The van der Waals surface area contributed by atoms with Crippen LogP contribution in [0.2, 0.25) is 15.1 Å². The highest BCUT2D eigenvalue weighted by Crippen LogP contribution is 2.35. The summed E-state index contributed by atoms with van der Waals surface area (Å²) in [5.41, 5.74) is 3.04. The van der Waals surface area contributed by atoms with Crippen LogP contribution < -0.4 is 14.9 Å². The van der Waals surface area contributed by atoms with Crippen molar-refractivity contribution in [3.05, 3.63) is 92.2 Å². The summed E-state index contributed by atoms with van der Waals surface area (Å²) in [7, 11) is 0. The van der Waals surface area contributed by atoms with Gasteiger partial charge in [-0.25, -0.2) is 10.2 Å². The number of ether oxygens (including phenoxy) is 2. The molecule has 4 aromatic rings. The van der Waals surface area contributed by atoms with E-state index in [2.05, 4.69) is 10.5 Å². The topological polar surface area (TPSA) is 77.0 Å². The van der Waals surface area contributed by atoms with Gasteiger partial charge in [0, 0.05) is 15.1 Å². The summed E-state index contributed by atoms with van der Waals surface area (Å²) in [5, 5.41) is 5.85. The van der Waals surface area contributed by atoms with Crippen LogP contribution in [0, 0.1) is 0 Å². The summed E-state index contributed by atoms with van der Waals surface area (Å²) < 4.78 is 11.7. The fraction of sp³-hybridized carbons (Fsp3) is 0.0417. The standard InChI is InChI=1S/C24H15Cl3N2O4S/c25-15-7-10-19(18(26)11-15)32-13-21(30)29-28-12-14-5-8-16(9-6-14)33-24(31)23-22(27)17-3-1-2-4-20(17)34-23/h1-12H,13H2,(H,29,30)/b28-12-. The number of hydrogen-bond donors (Lipinski definition) is 1. The van der Waals surface area contributed by atoms with Gasteiger partial charge < -0.3 is 9.47 Å². The van der Waals surface area contributed by atoms with Crippen molar-refractivity contribution in [3.8, 4) is 11.5 Å². The van der Waals surface area contributed by atoms with Gasteiger partial charge in [-0.1, -0.05) is 53.0 Å². The summed E-state index contributed by atoms with van der Waals surface area (Å²) in [6.07, 6.45) is 1.45. The minimum absolute atomic E-state index is 0.270. The van der Waals surface area contributed by atoms with Crippen LogP contribution >= 0.6 is 46.1 Å². The lowest BCUT2D eigenvalue weighted by molar-refractivity contribution is -0.123. The lowest BCUT2D eigenvalue weighted by atomic mass is 10.2. The van der Waals surface area contributed by atoms with E-state index in [0.29, 0.717) is 37.0 Å². The van der Waals surface area contributed by atoms with E-state index in [1.807, 2.05) is 24.3 Å². The predicted molar refractivity (Wildman–Crippen MR) is 136 cm³/mol. The lowest BCUT2D eigenvalue weighted by Crippen LogP contribution is -2.24. The number of carbonyl (C=O) groups is 2. The Morgan fingerprint density at radius 3 is 2.50 bits per heavy atom. The summed E-state index contributed by atoms with van der Waals surface area (Å²) in [5.74, 6) is -0.297. The second kappa shape index (κ2) is 10.9. The molecule has 34 heavy (non-hydrogen) atoms. The van der Waals surface area contributed by atoms with Crippen molar-refractivity contribution in [1.29, 1.82) is 0 Å². The number of carbonyl (C=O) groups excluding carboxylic acids is 2. The molecule has 3 aromatic carbocycles. The van der Waals surface area contributed by atoms with E-state index in [1.165, 1.54) is 23.6 Å². The number of thiophene rings is 1. The van der Waals surface area contributed by atoms with E-state index in [1.54, 1.807) is 36.4 Å². The van der Waals surface area contributed by atoms with Crippen LogP contribution in [0.15, 0.2) is 71.8 Å². The molecule has 1 aromatic heterocycles. The van der Waals surface area contributed by atoms with Crippen molar-refractivity contribution < 1.29 is 19.1 Å². The van der Waals surface area contributed by atoms with Crippen LogP contribution in [0.4, 0.5) is 0 Å². The maximum absolute atomic E-state index is 12.5. The second-order valence-electron chi connectivity index (χ2n) is 6.86. The fourth-order valence-corrected chi connectivity index (χ4v) is 4.72. The summed E-state index contributed by atoms with van der Waals surface area (Å²) in [6.45, 7) is -0.270. The Balaban J connectivity index is 1.29. The number of hydrogen-bond acceptors (Lipinski definition) is 6. The van der Waals surface area contributed by atoms with Gasteiger partial charge in [0.2, 0.25) is 0 Å². The van der Waals surface area contributed by atoms with E-state index in [0.717, 1.165) is 10.1 Å². The molecule has 1 heterocycles. The number of benzene rings is 3. The molecule has 0 spiro atoms. The van der Waals surface area contributed by atoms with Crippen molar-refractivity contribution in [2.75, 3.05) is 6.61 Å². The fourth-order valence-electron chi connectivity index (χ4n) is 2.87. The summed E-state index contributed by atoms with van der Waals surface area (Å²) >= 11 is 19.4. The van der Waals surface area contributed by atoms with Crippen molar-refractivity contribution in [2.24, 2.45) is 5.10 Å². The molecule has 0 saturated heterocycles. The molecule has 172 valence electrons. The van der Waals surface area contributed by atoms with Crippen LogP contribution in [-0.2, 0) is 4.79 Å². The average Bonchev–Trinajstić information content (AvgIpc) is 3.16. The molecular formula is C24H15Cl3N2O4S. The minimum Gasteiger partial charge on any atom is -0.482 e. The maximum atomic E-state index is 12.5. The van der Waals surface area contributed by atoms with Gasteiger partial charge in [-0.05, 0) is 54.1 Å². The molecule has 0 atom stereocenters. The third-order valence-electron chi connectivity index (χ3n) is 4.47. The number of hydrazone groups is 1. The molecule has 4 rings (SSSR count). The van der Waals surface area contributed by atoms with E-state index >= 15 is 0 Å². The molecule has 1 N–H and O–H groups in total. The number of rotatable bonds is 7. The molecular weight excluding hydrogens is 519 g/mol. The van der Waals surface area contributed by atoms with Gasteiger partial charge in [0.1, 0.15) is 16.4 Å². The zero-order valence-electron chi connectivity index (χ0n) is 17.3. The van der Waals surface area contributed by atoms with Crippen LogP contribution in [0.5, 0.6) is 11.5 Å². The first-order valence-corrected chi connectivity index (χ1v) is 11.7. The van der Waals surface area contributed by atoms with E-state index in [-0.39, 0.29) is 6.61 Å². The minimum atomic E-state index is -0.527. The molecule has 0 aliphatic rings. The van der Waals surface area contributed by atoms with Crippen LogP contribution in [-0.4, -0.2) is 24.7 Å². The molecule has 0 saturated carbocycles. The molecule has 6 nitrogen and oxygen atoms in total. The number of esters is 1. The Kier molecular flexibility index (Phi) is 7.70. The van der Waals surface area contributed by atoms with Crippen LogP contribution in [0.25, 0.3) is 10.1 Å². The Bertz CT molecular complexity index is 1390. The van der Waals surface area contributed by atoms with Gasteiger partial charge >= 0.3 is 5.97 Å². The Morgan fingerprint density at radius 1 is 1.00 bits per heavy atom. The smallest absolute Gasteiger partial charge is 0.355 e. The van der Waals surface area contributed by atoms with Gasteiger partial charge in [0.25, 0.3) is 5.91 Å². The van der Waals surface area contributed by atoms with Crippen LogP contribution in [0.3, 0.4) is 0 Å². The van der Waals surface area contributed by atoms with Gasteiger partial charge in [0.15, 0.2) is 6.61 Å². The molecule has 0 aliphatic heterocycles. The number of nitrogens with zero attached hydrogens (tertiary/aromatic N) is 1. The van der Waals surface area contributed by atoms with Crippen molar-refractivity contribution >= 4 is 74.3 Å². The average molecular weight is 534 g/mol. The monoisotopic (exact) mass is 532 g/mol. The predicted octanol–water partition coefficient (Wildman–Crippen LogP) is 6.61. The zero-order valence-corrected chi connectivity index (χ0v) is 20.3. The van der Waals surface area contributed by atoms with E-state index < -0.39 is 11.9 Å². The first-order valence-electron chi connectivity index (χ1n) is 9.80. The third kappa shape index (κ3) is 5.87. The largest absolute Gasteiger partial charge is 0.482 e. The number of halogens is 3. The third-order valence-corrected chi connectivity index (χ3v) is 6.65. The molecule has 10 heteroatoms. The quantitative estimate of drug-likeness (QED) is 0.125. The van der Waals surface area contributed by atoms with Crippen LogP contribution in [0.1, 0.15) is 15.2 Å². The zero-order chi connectivity index (χ0) is 24.1. The van der Waals surface area contributed by atoms with Crippen molar-refractivity contribution in [1.82, 2.24) is 5.43 Å². The number of nitrogens with one attached hydrogen (secondary N) is 1.